The molecule has 291 valence electrons. The molecular weight excluding hydrogens is 770 g/mol. The summed E-state index contributed by atoms with van der Waals surface area (Å²) in [5, 5.41) is 11.5. The van der Waals surface area contributed by atoms with Crippen LogP contribution >= 0.6 is 23.2 Å². The van der Waals surface area contributed by atoms with Crippen molar-refractivity contribution in [3.8, 4) is 22.5 Å². The largest absolute Gasteiger partial charge is 0.399 e. The van der Waals surface area contributed by atoms with Gasteiger partial charge in [-0.2, -0.15) is 0 Å². The van der Waals surface area contributed by atoms with E-state index in [1.807, 2.05) is 68.4 Å². The number of nitrogens with one attached hydrogen (secondary N) is 3. The van der Waals surface area contributed by atoms with Crippen LogP contribution in [-0.4, -0.2) is 88.3 Å². The van der Waals surface area contributed by atoms with Crippen LogP contribution in [0.25, 0.3) is 22.5 Å². The Morgan fingerprint density at radius 3 is 1.62 bits per heavy atom. The van der Waals surface area contributed by atoms with Crippen molar-refractivity contribution < 1.29 is 13.7 Å². The molecule has 0 spiro atoms. The van der Waals surface area contributed by atoms with E-state index >= 15 is 0 Å². The summed E-state index contributed by atoms with van der Waals surface area (Å²) in [6, 6.07) is 26.0. The van der Waals surface area contributed by atoms with E-state index in [1.54, 1.807) is 75.6 Å². The molecule has 0 aliphatic rings. The van der Waals surface area contributed by atoms with Crippen LogP contribution in [0.1, 0.15) is 13.8 Å². The van der Waals surface area contributed by atoms with Crippen LogP contribution in [0.2, 0.25) is 10.0 Å². The number of pyridine rings is 2. The zero-order valence-electron chi connectivity index (χ0n) is 31.7. The van der Waals surface area contributed by atoms with Crippen LogP contribution < -0.4 is 21.7 Å². The summed E-state index contributed by atoms with van der Waals surface area (Å²) in [7, 11) is 2.14. The van der Waals surface area contributed by atoms with Crippen LogP contribution in [0.3, 0.4) is 0 Å². The molecule has 6 rings (SSSR count). The van der Waals surface area contributed by atoms with E-state index in [0.29, 0.717) is 29.3 Å². The third-order valence-electron chi connectivity index (χ3n) is 7.25. The quantitative estimate of drug-likeness (QED) is 0.0509. The number of hydrogen-bond donors (Lipinski definition) is 4. The highest BCUT2D eigenvalue weighted by Gasteiger charge is 2.09. The molecule has 17 heteroatoms. The molecule has 2 aromatic carbocycles. The second-order valence-corrected chi connectivity index (χ2v) is 14.1. The van der Waals surface area contributed by atoms with Gasteiger partial charge in [-0.05, 0) is 98.8 Å². The van der Waals surface area contributed by atoms with Crippen LogP contribution in [0, 0.1) is 0 Å². The highest BCUT2D eigenvalue weighted by atomic mass is 35.5. The maximum atomic E-state index is 11.5. The SMILES string of the molecule is COCC(C)Nc1cc(-c2ccnc(Nc3ccc(Cl)cc3)n2)ccn1.COCC(C)Nc1cc(-c2ccnc(S(C)=O)n2)ccn1.Nc1ccc(Cl)cc1.[B]. The summed E-state index contributed by atoms with van der Waals surface area (Å²) in [4.78, 5) is 25.8. The zero-order chi connectivity index (χ0) is 39.6. The molecule has 4 aromatic heterocycles. The van der Waals surface area contributed by atoms with Crippen LogP contribution in [-0.2, 0) is 20.3 Å². The average Bonchev–Trinajstić information content (AvgIpc) is 3.18. The van der Waals surface area contributed by atoms with E-state index in [9.17, 15) is 4.21 Å². The maximum absolute atomic E-state index is 11.5. The third-order valence-corrected chi connectivity index (χ3v) is 8.46. The summed E-state index contributed by atoms with van der Waals surface area (Å²) in [5.41, 5.74) is 10.4. The lowest BCUT2D eigenvalue weighted by molar-refractivity contribution is 0.190. The maximum Gasteiger partial charge on any atom is 0.227 e. The molecule has 0 aliphatic carbocycles. The first-order valence-corrected chi connectivity index (χ1v) is 19.3. The van der Waals surface area contributed by atoms with Gasteiger partial charge in [0.05, 0.1) is 35.4 Å². The third kappa shape index (κ3) is 15.5. The second-order valence-electron chi connectivity index (χ2n) is 12.0. The first-order valence-electron chi connectivity index (χ1n) is 17.0. The van der Waals surface area contributed by atoms with Crippen molar-refractivity contribution in [2.75, 3.05) is 55.4 Å². The van der Waals surface area contributed by atoms with Crippen molar-refractivity contribution in [2.45, 2.75) is 31.1 Å². The normalized spacial score (nSPS) is 11.9. The molecule has 3 radical (unpaired) electrons. The van der Waals surface area contributed by atoms with Gasteiger partial charge in [-0.3, -0.25) is 4.21 Å². The second kappa shape index (κ2) is 23.7. The van der Waals surface area contributed by atoms with Crippen LogP contribution in [0.4, 0.5) is 29.0 Å². The number of nitrogens with zero attached hydrogens (tertiary/aromatic N) is 6. The fourth-order valence-electron chi connectivity index (χ4n) is 4.77. The van der Waals surface area contributed by atoms with E-state index in [4.69, 9.17) is 38.4 Å². The highest BCUT2D eigenvalue weighted by Crippen LogP contribution is 2.23. The molecule has 3 unspecified atom stereocenters. The fraction of sp³-hybridized carbons (Fsp3) is 0.231. The van der Waals surface area contributed by atoms with Gasteiger partial charge >= 0.3 is 0 Å². The van der Waals surface area contributed by atoms with Crippen molar-refractivity contribution in [3.63, 3.8) is 0 Å². The van der Waals surface area contributed by atoms with Gasteiger partial charge in [-0.1, -0.05) is 23.2 Å². The lowest BCUT2D eigenvalue weighted by Crippen LogP contribution is -2.21. The molecule has 6 aromatic rings. The van der Waals surface area contributed by atoms with Crippen molar-refractivity contribution in [1.29, 1.82) is 0 Å². The predicted molar refractivity (Wildman–Crippen MR) is 229 cm³/mol. The number of ether oxygens (including phenoxy) is 2. The number of rotatable bonds is 13. The Labute approximate surface area is 342 Å². The first-order chi connectivity index (χ1) is 26.5. The Morgan fingerprint density at radius 1 is 0.679 bits per heavy atom. The van der Waals surface area contributed by atoms with E-state index in [0.717, 1.165) is 50.5 Å². The number of hydrogen-bond acceptors (Lipinski definition) is 13. The molecule has 0 bridgehead atoms. The zero-order valence-corrected chi connectivity index (χ0v) is 34.0. The molecule has 13 nitrogen and oxygen atoms in total. The molecule has 0 saturated carbocycles. The minimum Gasteiger partial charge on any atom is -0.399 e. The lowest BCUT2D eigenvalue weighted by Gasteiger charge is -2.14. The van der Waals surface area contributed by atoms with Crippen molar-refractivity contribution in [3.05, 3.63) is 120 Å². The van der Waals surface area contributed by atoms with E-state index in [-0.39, 0.29) is 20.5 Å². The number of nitrogens with two attached hydrogens (primary N) is 1. The van der Waals surface area contributed by atoms with Gasteiger partial charge in [-0.25, -0.2) is 29.9 Å². The topological polar surface area (TPSA) is 175 Å². The Hall–Kier alpha value is -5.19. The molecule has 0 saturated heterocycles. The Bertz CT molecular complexity index is 2080. The molecule has 56 heavy (non-hydrogen) atoms. The van der Waals surface area contributed by atoms with Gasteiger partial charge in [0.2, 0.25) is 11.1 Å². The highest BCUT2D eigenvalue weighted by molar-refractivity contribution is 7.84. The number of aromatic nitrogens is 6. The Kier molecular flexibility index (Phi) is 19.1. The number of anilines is 5. The predicted octanol–water partition coefficient (Wildman–Crippen LogP) is 7.65. The molecule has 0 aliphatic heterocycles. The van der Waals surface area contributed by atoms with Crippen LogP contribution in [0.5, 0.6) is 0 Å². The lowest BCUT2D eigenvalue weighted by atomic mass is 10.2. The van der Waals surface area contributed by atoms with Crippen molar-refractivity contribution in [2.24, 2.45) is 0 Å². The molecule has 5 N–H and O–H groups in total. The summed E-state index contributed by atoms with van der Waals surface area (Å²) < 4.78 is 21.7. The molecule has 0 amide bonds. The van der Waals surface area contributed by atoms with Gasteiger partial charge in [0.25, 0.3) is 0 Å². The van der Waals surface area contributed by atoms with E-state index in [2.05, 4.69) is 45.9 Å². The van der Waals surface area contributed by atoms with E-state index in [1.165, 1.54) is 0 Å². The summed E-state index contributed by atoms with van der Waals surface area (Å²) in [6.07, 6.45) is 8.36. The van der Waals surface area contributed by atoms with Gasteiger partial charge in [0, 0.05) is 98.3 Å². The van der Waals surface area contributed by atoms with Gasteiger partial charge in [0.1, 0.15) is 11.6 Å². The monoisotopic (exact) mass is 813 g/mol. The minimum absolute atomic E-state index is 0. The van der Waals surface area contributed by atoms with Gasteiger partial charge < -0.3 is 31.2 Å². The Morgan fingerprint density at radius 2 is 1.14 bits per heavy atom. The van der Waals surface area contributed by atoms with Gasteiger partial charge in [0.15, 0.2) is 0 Å². The van der Waals surface area contributed by atoms with Crippen molar-refractivity contribution in [1.82, 2.24) is 29.9 Å². The summed E-state index contributed by atoms with van der Waals surface area (Å²) >= 11 is 11.5. The molecular formula is C39H44BCl2N10O3S. The number of nitrogen functional groups attached to an aromatic ring is 1. The fourth-order valence-corrected chi connectivity index (χ4v) is 5.46. The number of halogens is 2. The first kappa shape index (κ1) is 45.2. The molecule has 3 atom stereocenters. The minimum atomic E-state index is -1.20. The van der Waals surface area contributed by atoms with Crippen molar-refractivity contribution >= 4 is 71.4 Å². The summed E-state index contributed by atoms with van der Waals surface area (Å²) in [6.45, 7) is 5.25. The standard InChI is InChI=1S/C19H20ClN5O.C14H18N4O2S.C6H6ClN.B/c1-13(12-26-2)23-18-11-14(7-9-21-18)17-8-10-22-19(25-17)24-16-5-3-15(20)4-6-16;1-10(9-20-2)17-13-8-11(4-6-15-13)12-5-7-16-14(18-12)21(3)19;7-5-1-3-6(8)4-2-5;/h3-11,13H,12H2,1-2H3,(H,21,23)(H,22,24,25);4-8,10H,9H2,1-3H3,(H,15,17);1-4H,8H2;. The van der Waals surface area contributed by atoms with Gasteiger partial charge in [-0.15, -0.1) is 0 Å². The number of methoxy groups -OCH3 is 2. The smallest absolute Gasteiger partial charge is 0.227 e. The van der Waals surface area contributed by atoms with E-state index < -0.39 is 10.8 Å². The molecule has 4 heterocycles. The summed E-state index contributed by atoms with van der Waals surface area (Å²) in [5.74, 6) is 2.04. The molecule has 0 fully saturated rings. The Balaban J connectivity index is 0.000000251. The number of benzene rings is 2. The average molecular weight is 815 g/mol. The van der Waals surface area contributed by atoms with Crippen LogP contribution in [0.15, 0.2) is 115 Å².